The molecule has 0 saturated carbocycles. The molecule has 146 valence electrons. The Morgan fingerprint density at radius 3 is 2.28 bits per heavy atom. The number of ether oxygens (including phenoxy) is 2. The van der Waals surface area contributed by atoms with Crippen molar-refractivity contribution in [1.29, 1.82) is 5.26 Å². The summed E-state index contributed by atoms with van der Waals surface area (Å²) in [6.45, 7) is 1.61. The summed E-state index contributed by atoms with van der Waals surface area (Å²) in [6, 6.07) is 28.3. The third-order valence-corrected chi connectivity index (χ3v) is 5.62. The highest BCUT2D eigenvalue weighted by Gasteiger charge is 2.37. The van der Waals surface area contributed by atoms with Crippen molar-refractivity contribution in [3.8, 4) is 23.3 Å². The molecule has 0 N–H and O–H groups in total. The van der Waals surface area contributed by atoms with Gasteiger partial charge in [-0.05, 0) is 54.8 Å². The summed E-state index contributed by atoms with van der Waals surface area (Å²) in [4.78, 5) is 2.30. The molecule has 0 unspecified atom stereocenters. The molecule has 4 heteroatoms. The van der Waals surface area contributed by atoms with Gasteiger partial charge < -0.3 is 14.4 Å². The molecule has 3 aromatic rings. The molecule has 0 bridgehead atoms. The van der Waals surface area contributed by atoms with Gasteiger partial charge in [0.1, 0.15) is 17.2 Å². The zero-order chi connectivity index (χ0) is 20.1. The van der Waals surface area contributed by atoms with Gasteiger partial charge in [-0.2, -0.15) is 5.26 Å². The predicted molar refractivity (Wildman–Crippen MR) is 115 cm³/mol. The Balaban J connectivity index is 1.54. The van der Waals surface area contributed by atoms with E-state index in [1.807, 2.05) is 72.8 Å². The lowest BCUT2D eigenvalue weighted by atomic mass is 9.74. The van der Waals surface area contributed by atoms with Crippen molar-refractivity contribution in [2.75, 3.05) is 25.1 Å². The van der Waals surface area contributed by atoms with E-state index in [0.29, 0.717) is 0 Å². The van der Waals surface area contributed by atoms with Gasteiger partial charge in [0.25, 0.3) is 0 Å². The van der Waals surface area contributed by atoms with Gasteiger partial charge >= 0.3 is 0 Å². The quantitative estimate of drug-likeness (QED) is 0.579. The molecular formula is C25H24N2O2. The second-order valence-electron chi connectivity index (χ2n) is 7.30. The maximum absolute atomic E-state index is 10.1. The van der Waals surface area contributed by atoms with Crippen LogP contribution in [0.15, 0.2) is 78.9 Å². The van der Waals surface area contributed by atoms with Crippen LogP contribution in [0.5, 0.6) is 17.2 Å². The van der Waals surface area contributed by atoms with Crippen LogP contribution in [-0.2, 0) is 5.41 Å². The monoisotopic (exact) mass is 384 g/mol. The van der Waals surface area contributed by atoms with Crippen LogP contribution in [0.3, 0.4) is 0 Å². The van der Waals surface area contributed by atoms with Gasteiger partial charge in [0.05, 0.1) is 24.3 Å². The van der Waals surface area contributed by atoms with Crippen molar-refractivity contribution in [2.45, 2.75) is 18.3 Å². The molecule has 1 heterocycles. The van der Waals surface area contributed by atoms with Crippen molar-refractivity contribution >= 4 is 5.69 Å². The molecule has 0 aromatic heterocycles. The number of nitrogens with zero attached hydrogens (tertiary/aromatic N) is 2. The summed E-state index contributed by atoms with van der Waals surface area (Å²) < 4.78 is 11.5. The van der Waals surface area contributed by atoms with Gasteiger partial charge in [0, 0.05) is 13.1 Å². The maximum atomic E-state index is 10.1. The van der Waals surface area contributed by atoms with Crippen molar-refractivity contribution in [3.63, 3.8) is 0 Å². The third kappa shape index (κ3) is 3.90. The average Bonchev–Trinajstić information content (AvgIpc) is 2.80. The summed E-state index contributed by atoms with van der Waals surface area (Å²) in [5.74, 6) is 2.42. The fourth-order valence-electron chi connectivity index (χ4n) is 3.97. The number of hydrogen-bond donors (Lipinski definition) is 0. The van der Waals surface area contributed by atoms with Crippen LogP contribution in [0, 0.1) is 11.3 Å². The molecule has 0 atom stereocenters. The molecule has 4 rings (SSSR count). The smallest absolute Gasteiger partial charge is 0.142 e. The molecule has 4 nitrogen and oxygen atoms in total. The first-order valence-corrected chi connectivity index (χ1v) is 9.87. The standard InChI is InChI=1S/C25H24N2O2/c1-28-24-13-6-5-12-23(24)27-16-14-25(19-26,15-17-27)20-8-7-11-22(18-20)29-21-9-3-2-4-10-21/h2-13,18H,14-17H2,1H3. The highest BCUT2D eigenvalue weighted by molar-refractivity contribution is 5.59. The van der Waals surface area contributed by atoms with Gasteiger partial charge in [0.15, 0.2) is 0 Å². The lowest BCUT2D eigenvalue weighted by Crippen LogP contribution is -2.42. The van der Waals surface area contributed by atoms with Crippen LogP contribution >= 0.6 is 0 Å². The number of para-hydroxylation sites is 3. The maximum Gasteiger partial charge on any atom is 0.142 e. The van der Waals surface area contributed by atoms with Gasteiger partial charge in [-0.1, -0.05) is 42.5 Å². The Bertz CT molecular complexity index is 1000. The van der Waals surface area contributed by atoms with E-state index in [2.05, 4.69) is 17.0 Å². The van der Waals surface area contributed by atoms with Crippen molar-refractivity contribution in [3.05, 3.63) is 84.4 Å². The molecule has 1 aliphatic rings. The summed E-state index contributed by atoms with van der Waals surface area (Å²) in [5.41, 5.74) is 1.60. The first-order chi connectivity index (χ1) is 14.2. The Kier molecular flexibility index (Phi) is 5.39. The van der Waals surface area contributed by atoms with Crippen LogP contribution in [0.1, 0.15) is 18.4 Å². The van der Waals surface area contributed by atoms with Crippen molar-refractivity contribution in [2.24, 2.45) is 0 Å². The number of benzene rings is 3. The number of rotatable bonds is 5. The highest BCUT2D eigenvalue weighted by atomic mass is 16.5. The first-order valence-electron chi connectivity index (χ1n) is 9.87. The molecule has 0 amide bonds. The number of anilines is 1. The minimum Gasteiger partial charge on any atom is -0.495 e. The second-order valence-corrected chi connectivity index (χ2v) is 7.30. The number of piperidine rings is 1. The predicted octanol–water partition coefficient (Wildman–Crippen LogP) is 5.55. The van der Waals surface area contributed by atoms with E-state index in [9.17, 15) is 5.26 Å². The van der Waals surface area contributed by atoms with Crippen LogP contribution in [0.4, 0.5) is 5.69 Å². The zero-order valence-electron chi connectivity index (χ0n) is 16.5. The molecule has 1 aliphatic heterocycles. The molecule has 0 radical (unpaired) electrons. The van der Waals surface area contributed by atoms with Crippen molar-refractivity contribution in [1.82, 2.24) is 0 Å². The fourth-order valence-corrected chi connectivity index (χ4v) is 3.97. The lowest BCUT2D eigenvalue weighted by Gasteiger charge is -2.39. The zero-order valence-corrected chi connectivity index (χ0v) is 16.5. The fraction of sp³-hybridized carbons (Fsp3) is 0.240. The van der Waals surface area contributed by atoms with Crippen LogP contribution in [0.2, 0.25) is 0 Å². The molecule has 1 saturated heterocycles. The largest absolute Gasteiger partial charge is 0.495 e. The van der Waals surface area contributed by atoms with E-state index in [1.165, 1.54) is 0 Å². The molecular weight excluding hydrogens is 360 g/mol. The molecule has 0 aliphatic carbocycles. The van der Waals surface area contributed by atoms with Crippen LogP contribution in [-0.4, -0.2) is 20.2 Å². The molecule has 0 spiro atoms. The normalized spacial score (nSPS) is 15.4. The van der Waals surface area contributed by atoms with Gasteiger partial charge in [-0.3, -0.25) is 0 Å². The number of nitriles is 1. The van der Waals surface area contributed by atoms with Crippen molar-refractivity contribution < 1.29 is 9.47 Å². The summed E-state index contributed by atoms with van der Waals surface area (Å²) in [6.07, 6.45) is 1.52. The molecule has 3 aromatic carbocycles. The molecule has 1 fully saturated rings. The van der Waals surface area contributed by atoms with Crippen LogP contribution < -0.4 is 14.4 Å². The topological polar surface area (TPSA) is 45.5 Å². The Morgan fingerprint density at radius 2 is 1.55 bits per heavy atom. The van der Waals surface area contributed by atoms with E-state index in [0.717, 1.165) is 54.4 Å². The summed E-state index contributed by atoms with van der Waals surface area (Å²) >= 11 is 0. The van der Waals surface area contributed by atoms with E-state index in [-0.39, 0.29) is 0 Å². The van der Waals surface area contributed by atoms with E-state index in [4.69, 9.17) is 9.47 Å². The number of hydrogen-bond acceptors (Lipinski definition) is 4. The van der Waals surface area contributed by atoms with Gasteiger partial charge in [-0.25, -0.2) is 0 Å². The third-order valence-electron chi connectivity index (χ3n) is 5.62. The van der Waals surface area contributed by atoms with E-state index < -0.39 is 5.41 Å². The minimum atomic E-state index is -0.505. The van der Waals surface area contributed by atoms with Gasteiger partial charge in [0.2, 0.25) is 0 Å². The lowest BCUT2D eigenvalue weighted by molar-refractivity contribution is 0.395. The second kappa shape index (κ2) is 8.28. The van der Waals surface area contributed by atoms with Gasteiger partial charge in [-0.15, -0.1) is 0 Å². The summed E-state index contributed by atoms with van der Waals surface area (Å²) in [7, 11) is 1.70. The SMILES string of the molecule is COc1ccccc1N1CCC(C#N)(c2cccc(Oc3ccccc3)c2)CC1. The minimum absolute atomic E-state index is 0.505. The highest BCUT2D eigenvalue weighted by Crippen LogP contribution is 2.39. The summed E-state index contributed by atoms with van der Waals surface area (Å²) in [5, 5.41) is 10.1. The Labute approximate surface area is 171 Å². The van der Waals surface area contributed by atoms with Crippen LogP contribution in [0.25, 0.3) is 0 Å². The van der Waals surface area contributed by atoms with E-state index in [1.54, 1.807) is 7.11 Å². The molecule has 29 heavy (non-hydrogen) atoms. The Hall–Kier alpha value is -3.45. The first kappa shape index (κ1) is 18.9. The Morgan fingerprint density at radius 1 is 0.862 bits per heavy atom. The van der Waals surface area contributed by atoms with E-state index >= 15 is 0 Å². The average molecular weight is 384 g/mol. The number of methoxy groups -OCH3 is 1.